The number of nitrogens with zero attached hydrogens (tertiary/aromatic N) is 3. The predicted octanol–water partition coefficient (Wildman–Crippen LogP) is 6.07. The van der Waals surface area contributed by atoms with Crippen molar-refractivity contribution >= 4 is 75.1 Å². The van der Waals surface area contributed by atoms with E-state index in [2.05, 4.69) is 63.3 Å². The number of rotatable bonds is 8. The van der Waals surface area contributed by atoms with Crippen LogP contribution in [0.5, 0.6) is 0 Å². The average molecular weight is 632 g/mol. The lowest BCUT2D eigenvalue weighted by atomic mass is 10.0. The van der Waals surface area contributed by atoms with Crippen molar-refractivity contribution in [1.29, 1.82) is 0 Å². The molecule has 2 N–H and O–H groups in total. The van der Waals surface area contributed by atoms with Crippen molar-refractivity contribution in [2.24, 2.45) is 7.05 Å². The molecule has 0 radical (unpaired) electrons. The Morgan fingerprint density at radius 3 is 2.53 bits per heavy atom. The second-order valence-corrected chi connectivity index (χ2v) is 11.0. The molecular weight excluding hydrogens is 608 g/mol. The summed E-state index contributed by atoms with van der Waals surface area (Å²) < 4.78 is 2.89. The maximum absolute atomic E-state index is 12.6. The highest BCUT2D eigenvalue weighted by molar-refractivity contribution is 14.1. The summed E-state index contributed by atoms with van der Waals surface area (Å²) in [5, 5.41) is 15.5. The maximum Gasteiger partial charge on any atom is 0.253 e. The minimum absolute atomic E-state index is 0.128. The highest BCUT2D eigenvalue weighted by Gasteiger charge is 2.20. The van der Waals surface area contributed by atoms with Gasteiger partial charge in [0.2, 0.25) is 5.91 Å². The van der Waals surface area contributed by atoms with Crippen LogP contribution in [0, 0.1) is 3.57 Å². The number of thioether (sulfide) groups is 1. The number of carbonyl (C=O) groups excluding carboxylic acids is 2. The van der Waals surface area contributed by atoms with Crippen LogP contribution in [0.2, 0.25) is 10.0 Å². The van der Waals surface area contributed by atoms with Crippen LogP contribution >= 0.6 is 57.6 Å². The van der Waals surface area contributed by atoms with E-state index in [1.165, 1.54) is 17.8 Å². The van der Waals surface area contributed by atoms with Gasteiger partial charge in [-0.3, -0.25) is 9.59 Å². The molecule has 0 spiro atoms. The summed E-state index contributed by atoms with van der Waals surface area (Å²) in [6.07, 6.45) is 0. The molecule has 7 nitrogen and oxygen atoms in total. The van der Waals surface area contributed by atoms with E-state index in [0.29, 0.717) is 27.5 Å². The molecule has 0 aliphatic heterocycles. The highest BCUT2D eigenvalue weighted by atomic mass is 127. The molecule has 3 rings (SSSR count). The molecule has 11 heteroatoms. The van der Waals surface area contributed by atoms with Gasteiger partial charge >= 0.3 is 0 Å². The van der Waals surface area contributed by atoms with Crippen LogP contribution < -0.4 is 10.6 Å². The number of aromatic nitrogens is 3. The van der Waals surface area contributed by atoms with Gasteiger partial charge in [-0.15, -0.1) is 10.2 Å². The first kappa shape index (κ1) is 26.8. The molecule has 0 unspecified atom stereocenters. The summed E-state index contributed by atoms with van der Waals surface area (Å²) in [5.74, 6) is 0.552. The Balaban J connectivity index is 1.62. The van der Waals surface area contributed by atoms with Gasteiger partial charge in [-0.2, -0.15) is 0 Å². The molecule has 0 bridgehead atoms. The van der Waals surface area contributed by atoms with E-state index in [0.717, 1.165) is 14.8 Å². The van der Waals surface area contributed by atoms with E-state index in [-0.39, 0.29) is 22.6 Å². The summed E-state index contributed by atoms with van der Waals surface area (Å²) in [6.45, 7) is 5.99. The van der Waals surface area contributed by atoms with Crippen LogP contribution in [-0.2, 0) is 11.8 Å². The summed E-state index contributed by atoms with van der Waals surface area (Å²) in [6, 6.07) is 10.2. The Bertz CT molecular complexity index is 1220. The monoisotopic (exact) mass is 631 g/mol. The second-order valence-electron chi connectivity index (χ2n) is 7.94. The Morgan fingerprint density at radius 1 is 1.12 bits per heavy atom. The largest absolute Gasteiger partial charge is 0.342 e. The van der Waals surface area contributed by atoms with Crippen molar-refractivity contribution in [1.82, 2.24) is 20.1 Å². The minimum Gasteiger partial charge on any atom is -0.342 e. The molecule has 0 fully saturated rings. The predicted molar refractivity (Wildman–Crippen MR) is 146 cm³/mol. The summed E-state index contributed by atoms with van der Waals surface area (Å²) in [4.78, 5) is 25.2. The molecule has 0 saturated carbocycles. The molecule has 1 aromatic heterocycles. The number of nitrogens with one attached hydrogen (secondary N) is 2. The van der Waals surface area contributed by atoms with Crippen molar-refractivity contribution in [3.05, 3.63) is 67.0 Å². The van der Waals surface area contributed by atoms with Gasteiger partial charge in [0.1, 0.15) is 0 Å². The molecule has 0 aliphatic rings. The lowest BCUT2D eigenvalue weighted by Gasteiger charge is -2.15. The van der Waals surface area contributed by atoms with Crippen LogP contribution in [0.3, 0.4) is 0 Å². The van der Waals surface area contributed by atoms with Gasteiger partial charge in [0.15, 0.2) is 11.0 Å². The smallest absolute Gasteiger partial charge is 0.253 e. The lowest BCUT2D eigenvalue weighted by molar-refractivity contribution is -0.113. The molecule has 180 valence electrons. The molecule has 0 saturated heterocycles. The Labute approximate surface area is 226 Å². The minimum atomic E-state index is -0.430. The number of benzene rings is 2. The van der Waals surface area contributed by atoms with Crippen molar-refractivity contribution in [3.8, 4) is 0 Å². The first-order valence-corrected chi connectivity index (χ1v) is 13.3. The van der Waals surface area contributed by atoms with Crippen molar-refractivity contribution < 1.29 is 9.59 Å². The van der Waals surface area contributed by atoms with Gasteiger partial charge < -0.3 is 15.2 Å². The fourth-order valence-corrected chi connectivity index (χ4v) is 5.01. The van der Waals surface area contributed by atoms with Gasteiger partial charge in [0, 0.05) is 21.3 Å². The molecule has 2 aromatic carbocycles. The van der Waals surface area contributed by atoms with Gasteiger partial charge in [0.05, 0.1) is 22.4 Å². The topological polar surface area (TPSA) is 88.9 Å². The van der Waals surface area contributed by atoms with E-state index in [1.54, 1.807) is 30.7 Å². The third-order valence-corrected chi connectivity index (χ3v) is 7.26. The summed E-state index contributed by atoms with van der Waals surface area (Å²) in [7, 11) is 1.80. The average Bonchev–Trinajstić information content (AvgIpc) is 3.13. The van der Waals surface area contributed by atoms with Crippen molar-refractivity contribution in [2.75, 3.05) is 11.1 Å². The number of anilines is 1. The molecule has 3 aromatic rings. The molecule has 2 amide bonds. The first-order chi connectivity index (χ1) is 16.1. The first-order valence-electron chi connectivity index (χ1n) is 10.4. The fourth-order valence-electron chi connectivity index (χ4n) is 3.28. The Hall–Kier alpha value is -1.82. The van der Waals surface area contributed by atoms with E-state index in [9.17, 15) is 9.59 Å². The van der Waals surface area contributed by atoms with Crippen molar-refractivity contribution in [3.63, 3.8) is 0 Å². The molecule has 0 aliphatic carbocycles. The molecular formula is C23H24Cl2IN5O2S. The molecule has 1 heterocycles. The van der Waals surface area contributed by atoms with E-state index < -0.39 is 6.04 Å². The normalized spacial score (nSPS) is 12.0. The number of hydrogen-bond acceptors (Lipinski definition) is 5. The zero-order valence-electron chi connectivity index (χ0n) is 19.0. The number of amides is 2. The fraction of sp³-hybridized carbons (Fsp3) is 0.304. The van der Waals surface area contributed by atoms with Gasteiger partial charge in [-0.1, -0.05) is 48.8 Å². The van der Waals surface area contributed by atoms with Crippen LogP contribution in [0.4, 0.5) is 5.69 Å². The second kappa shape index (κ2) is 11.7. The number of hydrogen-bond donors (Lipinski definition) is 2. The zero-order chi connectivity index (χ0) is 25.0. The quantitative estimate of drug-likeness (QED) is 0.233. The summed E-state index contributed by atoms with van der Waals surface area (Å²) in [5.41, 5.74) is 2.23. The van der Waals surface area contributed by atoms with Gasteiger partial charge in [-0.05, 0) is 77.4 Å². The van der Waals surface area contributed by atoms with Crippen LogP contribution in [0.1, 0.15) is 54.5 Å². The van der Waals surface area contributed by atoms with E-state index >= 15 is 0 Å². The zero-order valence-corrected chi connectivity index (χ0v) is 23.5. The maximum atomic E-state index is 12.6. The van der Waals surface area contributed by atoms with Crippen molar-refractivity contribution in [2.45, 2.75) is 37.9 Å². The van der Waals surface area contributed by atoms with Crippen LogP contribution in [0.15, 0.2) is 41.6 Å². The SMILES string of the molecule is CC(C)c1cc(I)ccc1NC(=O)CSc1nnc([C@@H](C)NC(=O)c2ccc(Cl)cc2Cl)n1C. The third-order valence-electron chi connectivity index (χ3n) is 5.02. The van der Waals surface area contributed by atoms with Gasteiger partial charge in [0.25, 0.3) is 5.91 Å². The number of carbonyl (C=O) groups is 2. The van der Waals surface area contributed by atoms with E-state index in [4.69, 9.17) is 23.2 Å². The third kappa shape index (κ3) is 6.65. The highest BCUT2D eigenvalue weighted by Crippen LogP contribution is 2.27. The molecule has 34 heavy (non-hydrogen) atoms. The Kier molecular flexibility index (Phi) is 9.25. The number of halogens is 3. The Morgan fingerprint density at radius 2 is 1.85 bits per heavy atom. The van der Waals surface area contributed by atoms with Gasteiger partial charge in [-0.25, -0.2) is 0 Å². The van der Waals surface area contributed by atoms with E-state index in [1.807, 2.05) is 12.1 Å². The standard InChI is InChI=1S/C23H24Cl2IN5O2S/c1-12(2)17-10-15(26)6-8-19(17)28-20(32)11-34-23-30-29-21(31(23)4)13(3)27-22(33)16-7-5-14(24)9-18(16)25/h5-10,12-13H,11H2,1-4H3,(H,27,33)(H,28,32)/t13-/m1/s1. The van der Waals surface area contributed by atoms with Crippen LogP contribution in [-0.4, -0.2) is 32.3 Å². The van der Waals surface area contributed by atoms with Crippen LogP contribution in [0.25, 0.3) is 0 Å². The lowest BCUT2D eigenvalue weighted by Crippen LogP contribution is -2.28. The molecule has 1 atom stereocenters. The summed E-state index contributed by atoms with van der Waals surface area (Å²) >= 11 is 15.6.